The number of halogens is 1. The Morgan fingerprint density at radius 2 is 2.47 bits per heavy atom. The van der Waals surface area contributed by atoms with E-state index in [1.807, 2.05) is 7.05 Å². The molecule has 6 heteroatoms. The number of carboxylic acid groups (broad SMARTS) is 1. The van der Waals surface area contributed by atoms with Gasteiger partial charge in [0.05, 0.1) is 6.04 Å². The Kier molecular flexibility index (Phi) is 2.79. The van der Waals surface area contributed by atoms with E-state index in [-0.39, 0.29) is 16.2 Å². The number of hydrogen-bond acceptors (Lipinski definition) is 4. The highest BCUT2D eigenvalue weighted by Gasteiger charge is 2.32. The third-order valence-electron chi connectivity index (χ3n) is 2.71. The largest absolute Gasteiger partial charge is 0.477 e. The fraction of sp³-hybridized carbons (Fsp3) is 0.556. The normalized spacial score (nSPS) is 22.1. The first-order valence-electron chi connectivity index (χ1n) is 4.70. The zero-order valence-electron chi connectivity index (χ0n) is 8.23. The number of aromatic carboxylic acids is 1. The fourth-order valence-corrected chi connectivity index (χ4v) is 2.38. The third kappa shape index (κ3) is 1.79. The van der Waals surface area contributed by atoms with Gasteiger partial charge >= 0.3 is 5.97 Å². The van der Waals surface area contributed by atoms with Crippen LogP contribution in [0.25, 0.3) is 0 Å². The van der Waals surface area contributed by atoms with E-state index >= 15 is 0 Å². The molecule has 0 bridgehead atoms. The van der Waals surface area contributed by atoms with Gasteiger partial charge < -0.3 is 9.63 Å². The monoisotopic (exact) mass is 274 g/mol. The molecule has 15 heavy (non-hydrogen) atoms. The molecule has 0 radical (unpaired) electrons. The van der Waals surface area contributed by atoms with E-state index in [0.29, 0.717) is 5.76 Å². The number of carboxylic acids is 1. The highest BCUT2D eigenvalue weighted by atomic mass is 79.9. The Morgan fingerprint density at radius 3 is 3.00 bits per heavy atom. The van der Waals surface area contributed by atoms with Crippen molar-refractivity contribution in [2.24, 2.45) is 0 Å². The van der Waals surface area contributed by atoms with Gasteiger partial charge in [-0.25, -0.2) is 4.79 Å². The highest BCUT2D eigenvalue weighted by molar-refractivity contribution is 9.10. The molecule has 0 amide bonds. The van der Waals surface area contributed by atoms with E-state index in [1.54, 1.807) is 0 Å². The van der Waals surface area contributed by atoms with Crippen molar-refractivity contribution in [3.63, 3.8) is 0 Å². The van der Waals surface area contributed by atoms with Crippen LogP contribution in [0.5, 0.6) is 0 Å². The Morgan fingerprint density at radius 1 is 1.73 bits per heavy atom. The van der Waals surface area contributed by atoms with Crippen LogP contribution in [0.1, 0.15) is 35.0 Å². The second-order valence-electron chi connectivity index (χ2n) is 3.66. The lowest BCUT2D eigenvalue weighted by Crippen LogP contribution is -2.19. The van der Waals surface area contributed by atoms with E-state index in [1.165, 1.54) is 0 Å². The number of hydrogen-bond donors (Lipinski definition) is 1. The highest BCUT2D eigenvalue weighted by Crippen LogP contribution is 2.34. The van der Waals surface area contributed by atoms with Gasteiger partial charge in [0.2, 0.25) is 0 Å². The molecule has 1 N–H and O–H groups in total. The molecular formula is C9H11BrN2O3. The lowest BCUT2D eigenvalue weighted by atomic mass is 10.1. The summed E-state index contributed by atoms with van der Waals surface area (Å²) in [5.41, 5.74) is 0.147. The molecule has 0 saturated carbocycles. The minimum atomic E-state index is -1.00. The molecule has 5 nitrogen and oxygen atoms in total. The molecule has 1 saturated heterocycles. The minimum absolute atomic E-state index is 0.0369. The first kappa shape index (κ1) is 10.6. The van der Waals surface area contributed by atoms with Gasteiger partial charge in [0.1, 0.15) is 5.56 Å². The van der Waals surface area contributed by atoms with Crippen LogP contribution in [-0.2, 0) is 0 Å². The van der Waals surface area contributed by atoms with Crippen LogP contribution in [0.2, 0.25) is 0 Å². The fourth-order valence-electron chi connectivity index (χ4n) is 1.94. The topological polar surface area (TPSA) is 66.6 Å². The van der Waals surface area contributed by atoms with Gasteiger partial charge in [-0.3, -0.25) is 4.90 Å². The summed E-state index contributed by atoms with van der Waals surface area (Å²) in [7, 11) is 1.96. The Hall–Kier alpha value is -0.880. The molecule has 1 atom stereocenters. The van der Waals surface area contributed by atoms with E-state index in [0.717, 1.165) is 19.4 Å². The molecule has 1 fully saturated rings. The molecular weight excluding hydrogens is 264 g/mol. The molecule has 1 aliphatic heterocycles. The quantitative estimate of drug-likeness (QED) is 0.892. The van der Waals surface area contributed by atoms with Crippen molar-refractivity contribution in [3.05, 3.63) is 15.9 Å². The summed E-state index contributed by atoms with van der Waals surface area (Å²) in [4.78, 5) is 13.1. The summed E-state index contributed by atoms with van der Waals surface area (Å²) in [5, 5.41) is 12.7. The van der Waals surface area contributed by atoms with Crippen LogP contribution in [0.4, 0.5) is 0 Å². The molecule has 0 spiro atoms. The smallest absolute Gasteiger partial charge is 0.342 e. The number of likely N-dealkylation sites (tertiary alicyclic amines) is 1. The predicted octanol–water partition coefficient (Wildman–Crippen LogP) is 1.90. The van der Waals surface area contributed by atoms with Gasteiger partial charge in [-0.1, -0.05) is 5.16 Å². The molecule has 2 rings (SSSR count). The van der Waals surface area contributed by atoms with Gasteiger partial charge in [-0.2, -0.15) is 0 Å². The Balaban J connectivity index is 2.39. The van der Waals surface area contributed by atoms with Crippen LogP contribution in [0.3, 0.4) is 0 Å². The molecule has 2 heterocycles. The van der Waals surface area contributed by atoms with Crippen LogP contribution < -0.4 is 0 Å². The first-order chi connectivity index (χ1) is 7.11. The lowest BCUT2D eigenvalue weighted by molar-refractivity contribution is 0.0690. The molecule has 0 aromatic carbocycles. The molecule has 0 aliphatic carbocycles. The predicted molar refractivity (Wildman–Crippen MR) is 55.8 cm³/mol. The van der Waals surface area contributed by atoms with Crippen LogP contribution >= 0.6 is 15.9 Å². The van der Waals surface area contributed by atoms with Crippen LogP contribution in [0, 0.1) is 0 Å². The maximum absolute atomic E-state index is 11.0. The maximum atomic E-state index is 11.0. The summed E-state index contributed by atoms with van der Waals surface area (Å²) in [6.45, 7) is 0.960. The van der Waals surface area contributed by atoms with Gasteiger partial charge in [-0.15, -0.1) is 0 Å². The maximum Gasteiger partial charge on any atom is 0.342 e. The van der Waals surface area contributed by atoms with Crippen molar-refractivity contribution in [3.8, 4) is 0 Å². The summed E-state index contributed by atoms with van der Waals surface area (Å²) >= 11 is 3.08. The number of carbonyl (C=O) groups is 1. The van der Waals surface area contributed by atoms with Crippen LogP contribution in [0.15, 0.2) is 9.13 Å². The second kappa shape index (κ2) is 3.94. The van der Waals surface area contributed by atoms with Crippen molar-refractivity contribution in [2.45, 2.75) is 18.9 Å². The van der Waals surface area contributed by atoms with E-state index in [4.69, 9.17) is 9.63 Å². The summed E-state index contributed by atoms with van der Waals surface area (Å²) < 4.78 is 5.36. The van der Waals surface area contributed by atoms with Crippen LogP contribution in [-0.4, -0.2) is 34.7 Å². The van der Waals surface area contributed by atoms with Gasteiger partial charge in [0.15, 0.2) is 10.4 Å². The van der Waals surface area contributed by atoms with E-state index < -0.39 is 5.97 Å². The van der Waals surface area contributed by atoms with Crippen molar-refractivity contribution in [1.82, 2.24) is 10.1 Å². The van der Waals surface area contributed by atoms with Gasteiger partial charge in [0, 0.05) is 0 Å². The summed E-state index contributed by atoms with van der Waals surface area (Å²) in [5.74, 6) is -0.548. The van der Waals surface area contributed by atoms with Crippen molar-refractivity contribution in [2.75, 3.05) is 13.6 Å². The first-order valence-corrected chi connectivity index (χ1v) is 5.49. The average molecular weight is 275 g/mol. The summed E-state index contributed by atoms with van der Waals surface area (Å²) in [6.07, 6.45) is 1.97. The van der Waals surface area contributed by atoms with Crippen molar-refractivity contribution < 1.29 is 14.4 Å². The molecule has 1 unspecified atom stereocenters. The second-order valence-corrected chi connectivity index (χ2v) is 4.41. The summed E-state index contributed by atoms with van der Waals surface area (Å²) in [6, 6.07) is 0.0369. The average Bonchev–Trinajstić information content (AvgIpc) is 2.71. The molecule has 1 aromatic rings. The third-order valence-corrected chi connectivity index (χ3v) is 3.26. The minimum Gasteiger partial charge on any atom is -0.477 e. The number of aromatic nitrogens is 1. The van der Waals surface area contributed by atoms with Gasteiger partial charge in [-0.05, 0) is 42.4 Å². The molecule has 82 valence electrons. The van der Waals surface area contributed by atoms with Crippen molar-refractivity contribution in [1.29, 1.82) is 0 Å². The Bertz CT molecular complexity index is 391. The lowest BCUT2D eigenvalue weighted by Gasteiger charge is -2.16. The van der Waals surface area contributed by atoms with E-state index in [2.05, 4.69) is 26.0 Å². The standard InChI is InChI=1S/C9H11BrN2O3/c1-12-4-2-3-5(12)7-6(9(13)14)8(10)11-15-7/h5H,2-4H2,1H3,(H,13,14). The Labute approximate surface area is 95.2 Å². The SMILES string of the molecule is CN1CCCC1c1onc(Br)c1C(=O)O. The van der Waals surface area contributed by atoms with Crippen molar-refractivity contribution >= 4 is 21.9 Å². The zero-order chi connectivity index (χ0) is 11.0. The molecule has 1 aromatic heterocycles. The number of nitrogens with zero attached hydrogens (tertiary/aromatic N) is 2. The molecule has 1 aliphatic rings. The van der Waals surface area contributed by atoms with E-state index in [9.17, 15) is 4.79 Å². The number of rotatable bonds is 2. The zero-order valence-corrected chi connectivity index (χ0v) is 9.82. The van der Waals surface area contributed by atoms with Gasteiger partial charge in [0.25, 0.3) is 0 Å².